The third kappa shape index (κ3) is 1.22. The average molecular weight is 263 g/mol. The maximum absolute atomic E-state index is 12.1. The van der Waals surface area contributed by atoms with Gasteiger partial charge in [-0.2, -0.15) is 12.7 Å². The number of hydrogen-bond donors (Lipinski definition) is 0. The van der Waals surface area contributed by atoms with E-state index >= 15 is 0 Å². The molecule has 0 aromatic rings. The Morgan fingerprint density at radius 3 is 2.44 bits per heavy atom. The van der Waals surface area contributed by atoms with Gasteiger partial charge in [-0.25, -0.2) is 0 Å². The standard InChI is InChI=1S/C9H17NO4SSi/c1-7-8(11)9(16(2,3)4)5-6-14-15(12,13)10(7)9/h7H,5-6H2,1-4H3. The fourth-order valence-corrected chi connectivity index (χ4v) is 8.14. The number of fused-ring (bicyclic) bond motifs is 1. The van der Waals surface area contributed by atoms with Gasteiger partial charge >= 0.3 is 10.3 Å². The minimum absolute atomic E-state index is 0.0681. The first-order valence-electron chi connectivity index (χ1n) is 5.38. The van der Waals surface area contributed by atoms with Crippen molar-refractivity contribution in [2.75, 3.05) is 6.61 Å². The largest absolute Gasteiger partial charge is 0.339 e. The molecule has 0 aromatic carbocycles. The molecule has 0 spiro atoms. The molecule has 16 heavy (non-hydrogen) atoms. The van der Waals surface area contributed by atoms with E-state index in [9.17, 15) is 13.2 Å². The summed E-state index contributed by atoms with van der Waals surface area (Å²) in [5.41, 5.74) is 0. The molecule has 0 radical (unpaired) electrons. The molecule has 7 heteroatoms. The fourth-order valence-electron chi connectivity index (χ4n) is 2.87. The number of rotatable bonds is 1. The van der Waals surface area contributed by atoms with E-state index in [-0.39, 0.29) is 12.4 Å². The van der Waals surface area contributed by atoms with Crippen molar-refractivity contribution in [3.8, 4) is 0 Å². The van der Waals surface area contributed by atoms with Crippen molar-refractivity contribution in [1.82, 2.24) is 4.31 Å². The summed E-state index contributed by atoms with van der Waals surface area (Å²) in [6.07, 6.45) is 0.505. The average Bonchev–Trinajstić information content (AvgIpc) is 2.12. The van der Waals surface area contributed by atoms with Crippen molar-refractivity contribution in [1.29, 1.82) is 0 Å². The van der Waals surface area contributed by atoms with Gasteiger partial charge in [0, 0.05) is 0 Å². The summed E-state index contributed by atoms with van der Waals surface area (Å²) in [4.78, 5) is 12.1. The number of Topliss-reactive ketones (excluding diaryl/α,β-unsaturated/α-hetero) is 1. The number of nitrogens with zero attached hydrogens (tertiary/aromatic N) is 1. The van der Waals surface area contributed by atoms with Crippen molar-refractivity contribution >= 4 is 24.2 Å². The zero-order valence-electron chi connectivity index (χ0n) is 9.98. The smallest absolute Gasteiger partial charge is 0.296 e. The highest BCUT2D eigenvalue weighted by Gasteiger charge is 2.70. The first kappa shape index (κ1) is 12.2. The zero-order chi connectivity index (χ0) is 12.4. The van der Waals surface area contributed by atoms with E-state index in [0.717, 1.165) is 0 Å². The van der Waals surface area contributed by atoms with Crippen LogP contribution >= 0.6 is 0 Å². The van der Waals surface area contributed by atoms with Gasteiger partial charge in [-0.1, -0.05) is 19.6 Å². The van der Waals surface area contributed by atoms with Crippen LogP contribution in [-0.2, 0) is 19.3 Å². The SMILES string of the molecule is CC1C(=O)C2([Si](C)(C)C)CCOS(=O)(=O)N12. The van der Waals surface area contributed by atoms with E-state index in [0.29, 0.717) is 6.42 Å². The number of carbonyl (C=O) groups excluding carboxylic acids is 1. The van der Waals surface area contributed by atoms with Crippen LogP contribution in [0, 0.1) is 0 Å². The molecule has 0 saturated carbocycles. The second-order valence-electron chi connectivity index (χ2n) is 5.48. The number of hydrogen-bond acceptors (Lipinski definition) is 4. The van der Waals surface area contributed by atoms with Crippen molar-refractivity contribution in [3.63, 3.8) is 0 Å². The lowest BCUT2D eigenvalue weighted by Crippen LogP contribution is -2.84. The highest BCUT2D eigenvalue weighted by atomic mass is 32.2. The maximum atomic E-state index is 12.1. The van der Waals surface area contributed by atoms with Crippen LogP contribution in [0.5, 0.6) is 0 Å². The lowest BCUT2D eigenvalue weighted by molar-refractivity contribution is -0.144. The predicted molar refractivity (Wildman–Crippen MR) is 61.9 cm³/mol. The van der Waals surface area contributed by atoms with Gasteiger partial charge in [-0.15, -0.1) is 0 Å². The Morgan fingerprint density at radius 1 is 1.44 bits per heavy atom. The van der Waals surface area contributed by atoms with Gasteiger partial charge in [0.2, 0.25) is 0 Å². The van der Waals surface area contributed by atoms with Gasteiger partial charge in [-0.3, -0.25) is 8.98 Å². The Kier molecular flexibility index (Phi) is 2.41. The highest BCUT2D eigenvalue weighted by Crippen LogP contribution is 2.47. The van der Waals surface area contributed by atoms with E-state index in [2.05, 4.69) is 0 Å². The topological polar surface area (TPSA) is 63.7 Å². The minimum atomic E-state index is -3.70. The van der Waals surface area contributed by atoms with Crippen LogP contribution in [0.15, 0.2) is 0 Å². The third-order valence-corrected chi connectivity index (χ3v) is 8.65. The lowest BCUT2D eigenvalue weighted by Gasteiger charge is -2.60. The molecule has 2 heterocycles. The van der Waals surface area contributed by atoms with E-state index in [1.165, 1.54) is 4.31 Å². The van der Waals surface area contributed by atoms with Gasteiger partial charge < -0.3 is 0 Å². The van der Waals surface area contributed by atoms with Crippen LogP contribution in [0.4, 0.5) is 0 Å². The van der Waals surface area contributed by atoms with Crippen molar-refractivity contribution in [3.05, 3.63) is 0 Å². The Labute approximate surface area is 97.0 Å². The molecule has 2 fully saturated rings. The van der Waals surface area contributed by atoms with Crippen LogP contribution < -0.4 is 0 Å². The number of ketones is 1. The Morgan fingerprint density at radius 2 is 2.00 bits per heavy atom. The predicted octanol–water partition coefficient (Wildman–Crippen LogP) is 0.541. The molecule has 2 aliphatic heterocycles. The Balaban J connectivity index is 2.55. The van der Waals surface area contributed by atoms with Crippen LogP contribution in [0.2, 0.25) is 19.6 Å². The van der Waals surface area contributed by atoms with Gasteiger partial charge in [0.15, 0.2) is 5.78 Å². The molecule has 2 aliphatic rings. The molecule has 5 nitrogen and oxygen atoms in total. The molecular formula is C9H17NO4SSi. The summed E-state index contributed by atoms with van der Waals surface area (Å²) in [6, 6.07) is -0.558. The molecule has 0 bridgehead atoms. The first-order chi connectivity index (χ1) is 7.14. The molecule has 0 N–H and O–H groups in total. The second kappa shape index (κ2) is 3.15. The van der Waals surface area contributed by atoms with Crippen LogP contribution in [0.25, 0.3) is 0 Å². The van der Waals surface area contributed by atoms with Gasteiger partial charge in [0.1, 0.15) is 0 Å². The summed E-state index contributed by atoms with van der Waals surface area (Å²) in [6.45, 7) is 7.86. The van der Waals surface area contributed by atoms with E-state index in [1.807, 2.05) is 19.6 Å². The van der Waals surface area contributed by atoms with E-state index < -0.39 is 29.6 Å². The van der Waals surface area contributed by atoms with Gasteiger partial charge in [-0.05, 0) is 13.3 Å². The molecule has 2 rings (SSSR count). The Bertz CT molecular complexity index is 441. The minimum Gasteiger partial charge on any atom is -0.296 e. The molecule has 0 aliphatic carbocycles. The molecule has 2 saturated heterocycles. The molecule has 2 unspecified atom stereocenters. The van der Waals surface area contributed by atoms with Crippen molar-refractivity contribution < 1.29 is 17.4 Å². The van der Waals surface area contributed by atoms with Crippen LogP contribution in [0.3, 0.4) is 0 Å². The van der Waals surface area contributed by atoms with Gasteiger partial charge in [0.05, 0.1) is 25.9 Å². The van der Waals surface area contributed by atoms with Crippen LogP contribution in [0.1, 0.15) is 13.3 Å². The fraction of sp³-hybridized carbons (Fsp3) is 0.889. The monoisotopic (exact) mass is 263 g/mol. The molecule has 0 amide bonds. The second-order valence-corrected chi connectivity index (χ2v) is 12.3. The summed E-state index contributed by atoms with van der Waals surface area (Å²) < 4.78 is 29.8. The molecule has 0 aromatic heterocycles. The van der Waals surface area contributed by atoms with Crippen LogP contribution in [-0.4, -0.2) is 44.4 Å². The van der Waals surface area contributed by atoms with E-state index in [1.54, 1.807) is 6.92 Å². The normalized spacial score (nSPS) is 39.0. The molecule has 92 valence electrons. The summed E-state index contributed by atoms with van der Waals surface area (Å²) in [7, 11) is -5.63. The molecular weight excluding hydrogens is 246 g/mol. The van der Waals surface area contributed by atoms with Gasteiger partial charge in [0.25, 0.3) is 0 Å². The number of carbonyl (C=O) groups is 1. The maximum Gasteiger partial charge on any atom is 0.339 e. The zero-order valence-corrected chi connectivity index (χ0v) is 11.8. The Hall–Kier alpha value is -0.243. The first-order valence-corrected chi connectivity index (χ1v) is 10.2. The summed E-state index contributed by atoms with van der Waals surface area (Å²) in [5.74, 6) is 0.0681. The summed E-state index contributed by atoms with van der Waals surface area (Å²) in [5, 5.41) is -0.760. The van der Waals surface area contributed by atoms with Crippen molar-refractivity contribution in [2.24, 2.45) is 0 Å². The van der Waals surface area contributed by atoms with E-state index in [4.69, 9.17) is 4.18 Å². The summed E-state index contributed by atoms with van der Waals surface area (Å²) >= 11 is 0. The highest BCUT2D eigenvalue weighted by molar-refractivity contribution is 7.84. The third-order valence-electron chi connectivity index (χ3n) is 3.69. The lowest BCUT2D eigenvalue weighted by atomic mass is 9.92. The van der Waals surface area contributed by atoms with Crippen molar-refractivity contribution in [2.45, 2.75) is 44.2 Å². The molecule has 2 atom stereocenters. The quantitative estimate of drug-likeness (QED) is 0.648.